The molecule has 0 aliphatic carbocycles. The predicted molar refractivity (Wildman–Crippen MR) is 99.1 cm³/mol. The number of aromatic carboxylic acids is 1. The molecule has 0 radical (unpaired) electrons. The van der Waals surface area contributed by atoms with Gasteiger partial charge < -0.3 is 14.3 Å². The van der Waals surface area contributed by atoms with Crippen LogP contribution in [0, 0.1) is 0 Å². The van der Waals surface area contributed by atoms with Crippen LogP contribution in [0.25, 0.3) is 0 Å². The first kappa shape index (κ1) is 18.5. The fraction of sp³-hybridized carbons (Fsp3) is 0.150. The minimum Gasteiger partial charge on any atom is -0.497 e. The molecule has 2 N–H and O–H groups in total. The number of nitrogens with one attached hydrogen (secondary N) is 1. The number of hydrogen-bond acceptors (Lipinski definition) is 6. The summed E-state index contributed by atoms with van der Waals surface area (Å²) in [5, 5.41) is 10.7. The smallest absolute Gasteiger partial charge is 0.335 e. The van der Waals surface area contributed by atoms with Gasteiger partial charge in [-0.2, -0.15) is 10.0 Å². The molecule has 27 heavy (non-hydrogen) atoms. The molecule has 0 unspecified atom stereocenters. The molecule has 3 rings (SSSR count). The Morgan fingerprint density at radius 1 is 1.07 bits per heavy atom. The van der Waals surface area contributed by atoms with Crippen molar-refractivity contribution in [3.05, 3.63) is 83.8 Å². The summed E-state index contributed by atoms with van der Waals surface area (Å²) < 4.78 is 10.6. The molecular formula is C20H20N2O5. The van der Waals surface area contributed by atoms with Gasteiger partial charge in [0.05, 0.1) is 37.7 Å². The van der Waals surface area contributed by atoms with Crippen molar-refractivity contribution in [2.75, 3.05) is 12.6 Å². The lowest BCUT2D eigenvalue weighted by atomic mass is 10.2. The van der Waals surface area contributed by atoms with Gasteiger partial charge in [0.25, 0.3) is 0 Å². The van der Waals surface area contributed by atoms with Crippen molar-refractivity contribution >= 4 is 11.7 Å². The molecule has 0 aliphatic rings. The SMILES string of the molecule is COc1ccc(CN(Cc2ccco2)ONc2ccc(C(=O)O)cc2)cc1. The van der Waals surface area contributed by atoms with Crippen LogP contribution in [-0.4, -0.2) is 23.2 Å². The summed E-state index contributed by atoms with van der Waals surface area (Å²) in [7, 11) is 1.63. The molecule has 0 saturated heterocycles. The van der Waals surface area contributed by atoms with Gasteiger partial charge in [-0.1, -0.05) is 12.1 Å². The van der Waals surface area contributed by atoms with Crippen molar-refractivity contribution < 1.29 is 24.0 Å². The standard InChI is InChI=1S/C20H20N2O5/c1-25-18-10-4-15(5-11-18)13-22(14-19-3-2-12-26-19)27-21-17-8-6-16(7-9-17)20(23)24/h2-12,21H,13-14H2,1H3,(H,23,24). The summed E-state index contributed by atoms with van der Waals surface area (Å²) in [6.45, 7) is 0.935. The fourth-order valence-corrected chi connectivity index (χ4v) is 2.43. The lowest BCUT2D eigenvalue weighted by Crippen LogP contribution is -2.26. The zero-order valence-corrected chi connectivity index (χ0v) is 14.8. The Morgan fingerprint density at radius 3 is 2.41 bits per heavy atom. The van der Waals surface area contributed by atoms with Crippen molar-refractivity contribution in [2.45, 2.75) is 13.1 Å². The molecule has 0 aliphatic heterocycles. The Bertz CT molecular complexity index is 845. The first-order valence-corrected chi connectivity index (χ1v) is 8.30. The van der Waals surface area contributed by atoms with E-state index in [1.165, 1.54) is 12.1 Å². The second-order valence-corrected chi connectivity index (χ2v) is 5.80. The molecule has 1 aromatic heterocycles. The summed E-state index contributed by atoms with van der Waals surface area (Å²) >= 11 is 0. The molecule has 0 bridgehead atoms. The number of methoxy groups -OCH3 is 1. The van der Waals surface area contributed by atoms with E-state index in [-0.39, 0.29) is 5.56 Å². The maximum absolute atomic E-state index is 10.9. The lowest BCUT2D eigenvalue weighted by molar-refractivity contribution is -0.150. The van der Waals surface area contributed by atoms with Gasteiger partial charge in [0.2, 0.25) is 0 Å². The van der Waals surface area contributed by atoms with Crippen LogP contribution in [0.4, 0.5) is 5.69 Å². The number of rotatable bonds is 9. The average molecular weight is 368 g/mol. The Balaban J connectivity index is 1.66. The number of nitrogens with zero attached hydrogens (tertiary/aromatic N) is 1. The molecule has 7 heteroatoms. The number of hydroxylamine groups is 2. The highest BCUT2D eigenvalue weighted by molar-refractivity contribution is 5.87. The average Bonchev–Trinajstić information content (AvgIpc) is 3.20. The van der Waals surface area contributed by atoms with Gasteiger partial charge in [0.1, 0.15) is 11.5 Å². The number of carbonyl (C=O) groups is 1. The minimum atomic E-state index is -0.971. The zero-order chi connectivity index (χ0) is 19.1. The van der Waals surface area contributed by atoms with Gasteiger partial charge in [-0.3, -0.25) is 0 Å². The first-order chi connectivity index (χ1) is 13.1. The zero-order valence-electron chi connectivity index (χ0n) is 14.8. The van der Waals surface area contributed by atoms with Crippen molar-refractivity contribution in [3.63, 3.8) is 0 Å². The number of carboxylic acid groups (broad SMARTS) is 1. The Labute approximate surface area is 156 Å². The van der Waals surface area contributed by atoms with Gasteiger partial charge in [-0.05, 0) is 54.1 Å². The number of benzene rings is 2. The predicted octanol–water partition coefficient (Wildman–Crippen LogP) is 3.95. The minimum absolute atomic E-state index is 0.214. The van der Waals surface area contributed by atoms with Gasteiger partial charge >= 0.3 is 5.97 Å². The van der Waals surface area contributed by atoms with Crippen LogP contribution in [0.15, 0.2) is 71.3 Å². The van der Waals surface area contributed by atoms with E-state index < -0.39 is 5.97 Å². The van der Waals surface area contributed by atoms with E-state index in [9.17, 15) is 4.79 Å². The van der Waals surface area contributed by atoms with E-state index >= 15 is 0 Å². The number of carboxylic acids is 1. The summed E-state index contributed by atoms with van der Waals surface area (Å²) in [6, 6.07) is 17.7. The molecule has 0 amide bonds. The molecule has 140 valence electrons. The number of furan rings is 1. The summed E-state index contributed by atoms with van der Waals surface area (Å²) in [5.41, 5.74) is 4.72. The monoisotopic (exact) mass is 368 g/mol. The molecule has 0 spiro atoms. The second-order valence-electron chi connectivity index (χ2n) is 5.80. The first-order valence-electron chi connectivity index (χ1n) is 8.30. The molecule has 0 atom stereocenters. The third-order valence-electron chi connectivity index (χ3n) is 3.85. The maximum atomic E-state index is 10.9. The quantitative estimate of drug-likeness (QED) is 0.553. The lowest BCUT2D eigenvalue weighted by Gasteiger charge is -2.21. The van der Waals surface area contributed by atoms with E-state index in [0.717, 1.165) is 17.1 Å². The molecule has 1 heterocycles. The van der Waals surface area contributed by atoms with Crippen LogP contribution in [0.5, 0.6) is 5.75 Å². The van der Waals surface area contributed by atoms with E-state index in [1.807, 2.05) is 36.4 Å². The number of ether oxygens (including phenoxy) is 1. The fourth-order valence-electron chi connectivity index (χ4n) is 2.43. The van der Waals surface area contributed by atoms with Gasteiger partial charge in [0, 0.05) is 0 Å². The van der Waals surface area contributed by atoms with Crippen LogP contribution < -0.4 is 10.2 Å². The van der Waals surface area contributed by atoms with E-state index in [1.54, 1.807) is 30.6 Å². The third kappa shape index (κ3) is 5.34. The van der Waals surface area contributed by atoms with Crippen LogP contribution in [0.1, 0.15) is 21.7 Å². The summed E-state index contributed by atoms with van der Waals surface area (Å²) in [4.78, 5) is 16.6. The molecule has 0 saturated carbocycles. The van der Waals surface area contributed by atoms with Gasteiger partial charge in [-0.25, -0.2) is 10.3 Å². The molecule has 0 fully saturated rings. The highest BCUT2D eigenvalue weighted by Crippen LogP contribution is 2.16. The molecule has 7 nitrogen and oxygen atoms in total. The highest BCUT2D eigenvalue weighted by Gasteiger charge is 2.11. The van der Waals surface area contributed by atoms with E-state index in [4.69, 9.17) is 19.2 Å². The van der Waals surface area contributed by atoms with E-state index in [0.29, 0.717) is 18.8 Å². The van der Waals surface area contributed by atoms with Crippen LogP contribution in [-0.2, 0) is 18.0 Å². The van der Waals surface area contributed by atoms with Crippen molar-refractivity contribution in [3.8, 4) is 5.75 Å². The number of hydrogen-bond donors (Lipinski definition) is 2. The Kier molecular flexibility index (Phi) is 6.09. The molecule has 3 aromatic rings. The van der Waals surface area contributed by atoms with Crippen molar-refractivity contribution in [2.24, 2.45) is 0 Å². The topological polar surface area (TPSA) is 84.2 Å². The second kappa shape index (κ2) is 8.88. The van der Waals surface area contributed by atoms with Crippen LogP contribution in [0.3, 0.4) is 0 Å². The normalized spacial score (nSPS) is 10.7. The Hall–Kier alpha value is -3.29. The van der Waals surface area contributed by atoms with E-state index in [2.05, 4.69) is 5.48 Å². The van der Waals surface area contributed by atoms with Crippen LogP contribution >= 0.6 is 0 Å². The van der Waals surface area contributed by atoms with Crippen LogP contribution in [0.2, 0.25) is 0 Å². The van der Waals surface area contributed by atoms with Crippen molar-refractivity contribution in [1.82, 2.24) is 5.06 Å². The molecule has 2 aromatic carbocycles. The summed E-state index contributed by atoms with van der Waals surface area (Å²) in [5.74, 6) is 0.571. The van der Waals surface area contributed by atoms with Gasteiger partial charge in [0.15, 0.2) is 0 Å². The summed E-state index contributed by atoms with van der Waals surface area (Å²) in [6.07, 6.45) is 1.61. The molecular weight excluding hydrogens is 348 g/mol. The van der Waals surface area contributed by atoms with Gasteiger partial charge in [-0.15, -0.1) is 0 Å². The third-order valence-corrected chi connectivity index (χ3v) is 3.85. The highest BCUT2D eigenvalue weighted by atomic mass is 16.8. The maximum Gasteiger partial charge on any atom is 0.335 e. The number of anilines is 1. The largest absolute Gasteiger partial charge is 0.497 e. The van der Waals surface area contributed by atoms with Crippen molar-refractivity contribution in [1.29, 1.82) is 0 Å². The Morgan fingerprint density at radius 2 is 1.81 bits per heavy atom.